The number of halogens is 1. The number of rotatable bonds is 2. The van der Waals surface area contributed by atoms with E-state index in [4.69, 9.17) is 4.74 Å². The number of carbonyl (C=O) groups is 2. The Morgan fingerprint density at radius 3 is 2.63 bits per heavy atom. The van der Waals surface area contributed by atoms with E-state index in [1.54, 1.807) is 35.2 Å². The molecule has 1 fully saturated rings. The van der Waals surface area contributed by atoms with Crippen LogP contribution in [0.25, 0.3) is 0 Å². The number of hydrogen-bond donors (Lipinski definition) is 1. The van der Waals surface area contributed by atoms with E-state index in [9.17, 15) is 14.0 Å². The third-order valence-electron chi connectivity index (χ3n) is 4.88. The Labute approximate surface area is 156 Å². The third kappa shape index (κ3) is 3.32. The van der Waals surface area contributed by atoms with Gasteiger partial charge in [-0.15, -0.1) is 0 Å². The summed E-state index contributed by atoms with van der Waals surface area (Å²) in [6.07, 6.45) is -1.19. The summed E-state index contributed by atoms with van der Waals surface area (Å²) in [7, 11) is 0. The summed E-state index contributed by atoms with van der Waals surface area (Å²) in [4.78, 5) is 28.6. The molecule has 2 aromatic rings. The van der Waals surface area contributed by atoms with Gasteiger partial charge in [0.1, 0.15) is 11.6 Å². The lowest BCUT2D eigenvalue weighted by Crippen LogP contribution is -2.56. The van der Waals surface area contributed by atoms with Crippen molar-refractivity contribution < 1.29 is 18.7 Å². The van der Waals surface area contributed by atoms with E-state index in [-0.39, 0.29) is 11.7 Å². The predicted octanol–water partition coefficient (Wildman–Crippen LogP) is 2.18. The quantitative estimate of drug-likeness (QED) is 0.825. The third-order valence-corrected chi connectivity index (χ3v) is 4.88. The van der Waals surface area contributed by atoms with Crippen LogP contribution in [0.4, 0.5) is 15.8 Å². The molecule has 6 nitrogen and oxygen atoms in total. The number of hydrogen-bond acceptors (Lipinski definition) is 4. The number of anilines is 2. The van der Waals surface area contributed by atoms with Gasteiger partial charge in [-0.3, -0.25) is 9.59 Å². The van der Waals surface area contributed by atoms with Crippen LogP contribution in [0, 0.1) is 12.7 Å². The molecule has 1 saturated heterocycles. The summed E-state index contributed by atoms with van der Waals surface area (Å²) in [6, 6.07) is 12.0. The number of ether oxygens (including phenoxy) is 1. The van der Waals surface area contributed by atoms with Gasteiger partial charge in [-0.1, -0.05) is 18.2 Å². The van der Waals surface area contributed by atoms with E-state index < -0.39 is 12.0 Å². The van der Waals surface area contributed by atoms with Crippen molar-refractivity contribution in [3.63, 3.8) is 0 Å². The number of fused-ring (bicyclic) bond motifs is 1. The minimum absolute atomic E-state index is 0.279. The molecule has 0 spiro atoms. The fraction of sp³-hybridized carbons (Fsp3) is 0.300. The average Bonchev–Trinajstić information content (AvgIpc) is 2.67. The smallest absolute Gasteiger partial charge is 0.275 e. The van der Waals surface area contributed by atoms with Crippen LogP contribution in [0.2, 0.25) is 0 Å². The van der Waals surface area contributed by atoms with Crippen molar-refractivity contribution in [3.8, 4) is 5.75 Å². The van der Waals surface area contributed by atoms with E-state index in [2.05, 4.69) is 5.32 Å². The number of nitrogens with one attached hydrogen (secondary N) is 1. The van der Waals surface area contributed by atoms with Crippen molar-refractivity contribution >= 4 is 23.2 Å². The molecular formula is C20H20FN3O3. The Bertz CT molecular complexity index is 894. The molecule has 2 heterocycles. The van der Waals surface area contributed by atoms with Crippen LogP contribution in [-0.2, 0) is 9.59 Å². The Kier molecular flexibility index (Phi) is 4.43. The van der Waals surface area contributed by atoms with Crippen LogP contribution in [0.1, 0.15) is 5.56 Å². The van der Waals surface area contributed by atoms with E-state index in [0.29, 0.717) is 43.3 Å². The lowest BCUT2D eigenvalue weighted by atomic mass is 10.1. The second-order valence-electron chi connectivity index (χ2n) is 6.75. The number of amides is 2. The van der Waals surface area contributed by atoms with Gasteiger partial charge in [0.15, 0.2) is 0 Å². The fourth-order valence-electron chi connectivity index (χ4n) is 3.43. The van der Waals surface area contributed by atoms with Crippen molar-refractivity contribution in [2.45, 2.75) is 13.0 Å². The molecule has 0 aliphatic carbocycles. The highest BCUT2D eigenvalue weighted by Gasteiger charge is 2.37. The van der Waals surface area contributed by atoms with Crippen LogP contribution in [-0.4, -0.2) is 49.0 Å². The SMILES string of the molecule is Cc1ccc2c(c1)NC(=O)C(C(=O)N1CCN(c3ccccc3F)CC1)O2. The van der Waals surface area contributed by atoms with Gasteiger partial charge >= 0.3 is 0 Å². The van der Waals surface area contributed by atoms with Crippen LogP contribution >= 0.6 is 0 Å². The summed E-state index contributed by atoms with van der Waals surface area (Å²) in [6.45, 7) is 3.72. The highest BCUT2D eigenvalue weighted by Crippen LogP contribution is 2.31. The largest absolute Gasteiger partial charge is 0.468 e. The molecule has 0 saturated carbocycles. The summed E-state index contributed by atoms with van der Waals surface area (Å²) in [5.74, 6) is -0.621. The van der Waals surface area contributed by atoms with Crippen molar-refractivity contribution in [2.75, 3.05) is 36.4 Å². The number of benzene rings is 2. The van der Waals surface area contributed by atoms with Gasteiger partial charge in [-0.05, 0) is 36.8 Å². The van der Waals surface area contributed by atoms with Crippen LogP contribution in [0.5, 0.6) is 5.75 Å². The number of piperazine rings is 1. The monoisotopic (exact) mass is 369 g/mol. The normalized spacial score (nSPS) is 19.2. The van der Waals surface area contributed by atoms with Crippen LogP contribution in [0.15, 0.2) is 42.5 Å². The molecular weight excluding hydrogens is 349 g/mol. The Morgan fingerprint density at radius 1 is 1.15 bits per heavy atom. The van der Waals surface area contributed by atoms with Crippen LogP contribution in [0.3, 0.4) is 0 Å². The van der Waals surface area contributed by atoms with E-state index in [0.717, 1.165) is 5.56 Å². The summed E-state index contributed by atoms with van der Waals surface area (Å²) in [5, 5.41) is 2.74. The maximum atomic E-state index is 13.9. The summed E-state index contributed by atoms with van der Waals surface area (Å²) < 4.78 is 19.6. The molecule has 7 heteroatoms. The fourth-order valence-corrected chi connectivity index (χ4v) is 3.43. The number of para-hydroxylation sites is 1. The summed E-state index contributed by atoms with van der Waals surface area (Å²) in [5.41, 5.74) is 2.10. The zero-order valence-corrected chi connectivity index (χ0v) is 14.9. The minimum Gasteiger partial charge on any atom is -0.468 e. The minimum atomic E-state index is -1.19. The molecule has 1 atom stereocenters. The lowest BCUT2D eigenvalue weighted by Gasteiger charge is -2.38. The molecule has 140 valence electrons. The van der Waals surface area contributed by atoms with Crippen molar-refractivity contribution in [3.05, 3.63) is 53.8 Å². The predicted molar refractivity (Wildman–Crippen MR) is 99.4 cm³/mol. The zero-order chi connectivity index (χ0) is 19.0. The highest BCUT2D eigenvalue weighted by molar-refractivity contribution is 6.11. The first-order valence-corrected chi connectivity index (χ1v) is 8.89. The molecule has 4 rings (SSSR count). The molecule has 1 N–H and O–H groups in total. The van der Waals surface area contributed by atoms with Gasteiger partial charge in [-0.25, -0.2) is 4.39 Å². The first kappa shape index (κ1) is 17.3. The summed E-state index contributed by atoms with van der Waals surface area (Å²) >= 11 is 0. The topological polar surface area (TPSA) is 61.9 Å². The van der Waals surface area contributed by atoms with Crippen molar-refractivity contribution in [1.29, 1.82) is 0 Å². The maximum Gasteiger partial charge on any atom is 0.275 e. The lowest BCUT2D eigenvalue weighted by molar-refractivity contribution is -0.145. The standard InChI is InChI=1S/C20H20FN3O3/c1-13-6-7-17-15(12-13)22-19(25)18(27-17)20(26)24-10-8-23(9-11-24)16-5-3-2-4-14(16)21/h2-7,12,18H,8-11H2,1H3,(H,22,25). The molecule has 1 unspecified atom stereocenters. The van der Waals surface area contributed by atoms with Gasteiger partial charge in [0.05, 0.1) is 11.4 Å². The van der Waals surface area contributed by atoms with E-state index >= 15 is 0 Å². The molecule has 2 amide bonds. The second-order valence-corrected chi connectivity index (χ2v) is 6.75. The van der Waals surface area contributed by atoms with Gasteiger partial charge in [0.25, 0.3) is 17.9 Å². The molecule has 27 heavy (non-hydrogen) atoms. The molecule has 0 radical (unpaired) electrons. The van der Waals surface area contributed by atoms with Crippen molar-refractivity contribution in [1.82, 2.24) is 4.90 Å². The Balaban J connectivity index is 1.43. The maximum absolute atomic E-state index is 13.9. The van der Waals surface area contributed by atoms with Gasteiger partial charge in [0.2, 0.25) is 0 Å². The van der Waals surface area contributed by atoms with Gasteiger partial charge < -0.3 is 19.9 Å². The molecule has 0 aromatic heterocycles. The molecule has 2 aliphatic heterocycles. The molecule has 0 bridgehead atoms. The Hall–Kier alpha value is -3.09. The first-order valence-electron chi connectivity index (χ1n) is 8.89. The average molecular weight is 369 g/mol. The molecule has 2 aromatic carbocycles. The molecule has 2 aliphatic rings. The number of nitrogens with zero attached hydrogens (tertiary/aromatic N) is 2. The highest BCUT2D eigenvalue weighted by atomic mass is 19.1. The number of carbonyl (C=O) groups excluding carboxylic acids is 2. The first-order chi connectivity index (χ1) is 13.0. The zero-order valence-electron chi connectivity index (χ0n) is 14.9. The van der Waals surface area contributed by atoms with Crippen molar-refractivity contribution in [2.24, 2.45) is 0 Å². The second kappa shape index (κ2) is 6.90. The Morgan fingerprint density at radius 2 is 1.89 bits per heavy atom. The number of aryl methyl sites for hydroxylation is 1. The van der Waals surface area contributed by atoms with E-state index in [1.165, 1.54) is 6.07 Å². The van der Waals surface area contributed by atoms with Gasteiger partial charge in [0, 0.05) is 26.2 Å². The van der Waals surface area contributed by atoms with Gasteiger partial charge in [-0.2, -0.15) is 0 Å². The van der Waals surface area contributed by atoms with Crippen LogP contribution < -0.4 is 15.0 Å². The van der Waals surface area contributed by atoms with E-state index in [1.807, 2.05) is 17.9 Å².